The fourth-order valence-corrected chi connectivity index (χ4v) is 9.80. The second-order valence-electron chi connectivity index (χ2n) is 14.9. The number of hydrogen-bond acceptors (Lipinski definition) is 4. The molecule has 0 N–H and O–H groups in total. The molecule has 0 aliphatic rings. The van der Waals surface area contributed by atoms with Crippen LogP contribution in [0.3, 0.4) is 0 Å². The van der Waals surface area contributed by atoms with E-state index in [1.54, 1.807) is 0 Å². The van der Waals surface area contributed by atoms with Crippen molar-refractivity contribution in [3.05, 3.63) is 200 Å². The lowest BCUT2D eigenvalue weighted by Crippen LogP contribution is -2.00. The normalized spacial score (nSPS) is 11.7. The lowest BCUT2D eigenvalue weighted by atomic mass is 10.0. The van der Waals surface area contributed by atoms with Crippen molar-refractivity contribution >= 4 is 64.2 Å². The predicted octanol–water partition coefficient (Wildman–Crippen LogP) is 13.9. The monoisotopic (exact) mass is 771 g/mol. The average Bonchev–Trinajstić information content (AvgIpc) is 4.02. The molecular formula is C53H33N5S. The van der Waals surface area contributed by atoms with Crippen molar-refractivity contribution in [2.24, 2.45) is 0 Å². The fourth-order valence-electron chi connectivity index (χ4n) is 8.69. The van der Waals surface area contributed by atoms with Crippen LogP contribution in [-0.2, 0) is 0 Å². The van der Waals surface area contributed by atoms with Gasteiger partial charge < -0.3 is 9.13 Å². The molecule has 12 rings (SSSR count). The Bertz CT molecular complexity index is 3490. The quantitative estimate of drug-likeness (QED) is 0.169. The summed E-state index contributed by atoms with van der Waals surface area (Å²) in [6.07, 6.45) is 2.20. The molecule has 0 spiro atoms. The van der Waals surface area contributed by atoms with E-state index >= 15 is 0 Å². The first-order valence-corrected chi connectivity index (χ1v) is 20.6. The van der Waals surface area contributed by atoms with E-state index in [-0.39, 0.29) is 0 Å². The van der Waals surface area contributed by atoms with Gasteiger partial charge in [-0.05, 0) is 65.7 Å². The van der Waals surface area contributed by atoms with Gasteiger partial charge in [0.15, 0.2) is 17.5 Å². The van der Waals surface area contributed by atoms with Crippen molar-refractivity contribution in [2.75, 3.05) is 0 Å². The van der Waals surface area contributed by atoms with Crippen LogP contribution in [0.25, 0.3) is 110 Å². The number of rotatable bonds is 6. The summed E-state index contributed by atoms with van der Waals surface area (Å²) in [4.78, 5) is 15.0. The highest BCUT2D eigenvalue weighted by atomic mass is 32.1. The second-order valence-corrected chi connectivity index (χ2v) is 15.9. The summed E-state index contributed by atoms with van der Waals surface area (Å²) >= 11 is 1.86. The van der Waals surface area contributed by atoms with Gasteiger partial charge in [0.1, 0.15) is 0 Å². The SMILES string of the molecule is c1ccc(-c2nc(-c3ccccc3)nc(-c3cccc(-c4cccc(-n5c6c(ccc7c6ccn7-c6ccccc6)c6ccc7sc8ccccc8c7c65)c4)c3)n2)cc1. The number of fused-ring (bicyclic) bond motifs is 9. The van der Waals surface area contributed by atoms with Crippen molar-refractivity contribution in [2.45, 2.75) is 0 Å². The van der Waals surface area contributed by atoms with Gasteiger partial charge in [-0.2, -0.15) is 0 Å². The summed E-state index contributed by atoms with van der Waals surface area (Å²) in [5, 5.41) is 6.27. The molecule has 0 bridgehead atoms. The number of aromatic nitrogens is 5. The van der Waals surface area contributed by atoms with E-state index < -0.39 is 0 Å². The zero-order chi connectivity index (χ0) is 38.9. The van der Waals surface area contributed by atoms with Crippen LogP contribution < -0.4 is 0 Å². The van der Waals surface area contributed by atoms with Gasteiger partial charge in [0.2, 0.25) is 0 Å². The number of thiophene rings is 1. The highest BCUT2D eigenvalue weighted by Gasteiger charge is 2.21. The lowest BCUT2D eigenvalue weighted by molar-refractivity contribution is 1.07. The van der Waals surface area contributed by atoms with Gasteiger partial charge in [-0.3, -0.25) is 0 Å². The van der Waals surface area contributed by atoms with E-state index in [1.807, 2.05) is 72.0 Å². The van der Waals surface area contributed by atoms with Gasteiger partial charge in [-0.15, -0.1) is 11.3 Å². The second kappa shape index (κ2) is 13.5. The van der Waals surface area contributed by atoms with Crippen molar-refractivity contribution in [3.63, 3.8) is 0 Å². The molecule has 0 aliphatic carbocycles. The summed E-state index contributed by atoms with van der Waals surface area (Å²) in [6.45, 7) is 0. The summed E-state index contributed by atoms with van der Waals surface area (Å²) in [7, 11) is 0. The molecule has 0 saturated carbocycles. The minimum absolute atomic E-state index is 0.634. The number of hydrogen-bond donors (Lipinski definition) is 0. The molecule has 0 saturated heterocycles. The predicted molar refractivity (Wildman–Crippen MR) is 246 cm³/mol. The Kier molecular flexibility index (Phi) is 7.64. The summed E-state index contributed by atoms with van der Waals surface area (Å²) in [5.74, 6) is 1.93. The van der Waals surface area contributed by atoms with E-state index in [0.717, 1.165) is 39.2 Å². The smallest absolute Gasteiger partial charge is 0.164 e. The fraction of sp³-hybridized carbons (Fsp3) is 0. The van der Waals surface area contributed by atoms with Crippen LogP contribution >= 0.6 is 11.3 Å². The van der Waals surface area contributed by atoms with E-state index in [0.29, 0.717) is 17.5 Å². The Labute approximate surface area is 343 Å². The van der Waals surface area contributed by atoms with Crippen LogP contribution in [0.2, 0.25) is 0 Å². The van der Waals surface area contributed by atoms with Gasteiger partial charge >= 0.3 is 0 Å². The highest BCUT2D eigenvalue weighted by molar-refractivity contribution is 7.26. The van der Waals surface area contributed by atoms with Gasteiger partial charge in [-0.25, -0.2) is 15.0 Å². The number of para-hydroxylation sites is 1. The summed E-state index contributed by atoms with van der Waals surface area (Å²) < 4.78 is 7.39. The lowest BCUT2D eigenvalue weighted by Gasteiger charge is -2.13. The van der Waals surface area contributed by atoms with E-state index in [4.69, 9.17) is 15.0 Å². The molecule has 4 heterocycles. The zero-order valence-corrected chi connectivity index (χ0v) is 32.5. The molecule has 6 heteroatoms. The first-order chi connectivity index (χ1) is 29.2. The van der Waals surface area contributed by atoms with E-state index in [1.165, 1.54) is 52.9 Å². The standard InChI is InChI=1S/C53H33N5S/c1-4-14-34(15-5-1)51-54-52(35-16-6-2-7-17-35)56-53(55-51)38-20-12-18-36(32-38)37-19-13-23-40(33-37)58-49-41(26-28-45-43(49)30-31-57(45)39-21-8-3-9-22-39)42-27-29-47-48(50(42)58)44-24-10-11-25-46(44)59-47/h1-33H. The molecule has 0 fully saturated rings. The maximum absolute atomic E-state index is 5.03. The van der Waals surface area contributed by atoms with Crippen LogP contribution in [-0.4, -0.2) is 24.1 Å². The van der Waals surface area contributed by atoms with Crippen LogP contribution in [0.15, 0.2) is 200 Å². The molecule has 59 heavy (non-hydrogen) atoms. The van der Waals surface area contributed by atoms with Gasteiger partial charge in [0, 0.05) is 70.6 Å². The molecule has 0 atom stereocenters. The van der Waals surface area contributed by atoms with Crippen LogP contribution in [0.1, 0.15) is 0 Å². The number of benzene rings is 8. The first kappa shape index (κ1) is 33.5. The third-order valence-electron chi connectivity index (χ3n) is 11.4. The molecule has 0 unspecified atom stereocenters. The van der Waals surface area contributed by atoms with Crippen molar-refractivity contribution in [1.29, 1.82) is 0 Å². The third-order valence-corrected chi connectivity index (χ3v) is 12.5. The number of nitrogens with zero attached hydrogens (tertiary/aromatic N) is 5. The Morgan fingerprint density at radius 2 is 0.915 bits per heavy atom. The molecule has 8 aromatic carbocycles. The Balaban J connectivity index is 1.07. The molecule has 0 radical (unpaired) electrons. The van der Waals surface area contributed by atoms with Crippen LogP contribution in [0.4, 0.5) is 0 Å². The van der Waals surface area contributed by atoms with E-state index in [2.05, 4.69) is 149 Å². The molecule has 0 amide bonds. The maximum atomic E-state index is 5.03. The van der Waals surface area contributed by atoms with Crippen LogP contribution in [0, 0.1) is 0 Å². The van der Waals surface area contributed by atoms with Crippen molar-refractivity contribution in [3.8, 4) is 56.7 Å². The summed E-state index contributed by atoms with van der Waals surface area (Å²) in [5.41, 5.74) is 10.9. The highest BCUT2D eigenvalue weighted by Crippen LogP contribution is 2.45. The molecule has 4 aromatic heterocycles. The van der Waals surface area contributed by atoms with Crippen molar-refractivity contribution in [1.82, 2.24) is 24.1 Å². The molecule has 12 aromatic rings. The topological polar surface area (TPSA) is 48.5 Å². The van der Waals surface area contributed by atoms with E-state index in [9.17, 15) is 0 Å². The average molecular weight is 772 g/mol. The Hall–Kier alpha value is -7.67. The Morgan fingerprint density at radius 1 is 0.356 bits per heavy atom. The Morgan fingerprint density at radius 3 is 1.66 bits per heavy atom. The van der Waals surface area contributed by atoms with Gasteiger partial charge in [0.05, 0.1) is 16.6 Å². The van der Waals surface area contributed by atoms with Gasteiger partial charge in [0.25, 0.3) is 0 Å². The van der Waals surface area contributed by atoms with Gasteiger partial charge in [-0.1, -0.05) is 140 Å². The molecule has 0 aliphatic heterocycles. The minimum Gasteiger partial charge on any atom is -0.316 e. The molecule has 5 nitrogen and oxygen atoms in total. The summed E-state index contributed by atoms with van der Waals surface area (Å²) in [6, 6.07) is 68.7. The zero-order valence-electron chi connectivity index (χ0n) is 31.7. The minimum atomic E-state index is 0.634. The third kappa shape index (κ3) is 5.49. The van der Waals surface area contributed by atoms with Crippen LogP contribution in [0.5, 0.6) is 0 Å². The molecule has 276 valence electrons. The molecular weight excluding hydrogens is 739 g/mol. The van der Waals surface area contributed by atoms with Crippen molar-refractivity contribution < 1.29 is 0 Å². The maximum Gasteiger partial charge on any atom is 0.164 e. The first-order valence-electron chi connectivity index (χ1n) is 19.8. The largest absolute Gasteiger partial charge is 0.316 e.